The number of amidine groups is 1. The Kier molecular flexibility index (Phi) is 9.95. The minimum absolute atomic E-state index is 0.0511. The number of amides is 1. The second-order valence-corrected chi connectivity index (χ2v) is 10.7. The van der Waals surface area contributed by atoms with Crippen LogP contribution in [0.2, 0.25) is 0 Å². The molecule has 0 saturated carbocycles. The fourth-order valence-electron chi connectivity index (χ4n) is 3.55. The molecule has 2 aromatic rings. The van der Waals surface area contributed by atoms with Gasteiger partial charge in [-0.15, -0.1) is 4.40 Å². The Hall–Kier alpha value is -2.85. The van der Waals surface area contributed by atoms with E-state index in [1.165, 1.54) is 24.2 Å². The van der Waals surface area contributed by atoms with Gasteiger partial charge < -0.3 is 9.47 Å². The average Bonchev–Trinajstić information content (AvgIpc) is 3.14. The number of sulfonamides is 1. The average molecular weight is 535 g/mol. The Labute approximate surface area is 216 Å². The number of rotatable bonds is 12. The van der Waals surface area contributed by atoms with Gasteiger partial charge in [0.05, 0.1) is 23.5 Å². The van der Waals surface area contributed by atoms with Crippen molar-refractivity contribution in [1.29, 1.82) is 0 Å². The SMILES string of the molecule is CCCCCCCOc1cc(C=C2SC(=NS(=O)(=O)c3ccc(F)cc3)N(CC)C2=O)ccc1OC. The van der Waals surface area contributed by atoms with Gasteiger partial charge in [-0.1, -0.05) is 38.7 Å². The van der Waals surface area contributed by atoms with E-state index in [9.17, 15) is 17.6 Å². The molecule has 0 radical (unpaired) electrons. The monoisotopic (exact) mass is 534 g/mol. The van der Waals surface area contributed by atoms with Gasteiger partial charge in [-0.2, -0.15) is 8.42 Å². The second kappa shape index (κ2) is 12.9. The smallest absolute Gasteiger partial charge is 0.284 e. The van der Waals surface area contributed by atoms with Crippen molar-refractivity contribution in [2.24, 2.45) is 4.40 Å². The number of methoxy groups -OCH3 is 1. The summed E-state index contributed by atoms with van der Waals surface area (Å²) in [6.07, 6.45) is 7.29. The van der Waals surface area contributed by atoms with E-state index < -0.39 is 15.8 Å². The predicted octanol–water partition coefficient (Wildman–Crippen LogP) is 5.86. The number of hydrogen-bond donors (Lipinski definition) is 0. The normalized spacial score (nSPS) is 16.2. The van der Waals surface area contributed by atoms with Crippen molar-refractivity contribution in [3.05, 3.63) is 58.8 Å². The minimum Gasteiger partial charge on any atom is -0.493 e. The van der Waals surface area contributed by atoms with Gasteiger partial charge in [0.1, 0.15) is 5.82 Å². The quantitative estimate of drug-likeness (QED) is 0.250. The minimum atomic E-state index is -4.12. The molecule has 0 aromatic heterocycles. The Balaban J connectivity index is 1.81. The third kappa shape index (κ3) is 7.10. The Bertz CT molecular complexity index is 1230. The standard InChI is InChI=1S/C26H31FN2O5S2/c1-4-6-7-8-9-16-34-23-17-19(10-15-22(23)33-3)18-24-25(30)29(5-2)26(35-24)28-36(31,32)21-13-11-20(27)12-14-21/h10-15,17-18H,4-9,16H2,1-3H3. The summed E-state index contributed by atoms with van der Waals surface area (Å²) in [5, 5.41) is 0.0511. The zero-order valence-electron chi connectivity index (χ0n) is 20.7. The molecule has 1 fully saturated rings. The van der Waals surface area contributed by atoms with Crippen LogP contribution in [0.1, 0.15) is 51.5 Å². The molecule has 0 aliphatic carbocycles. The number of likely N-dealkylation sites (N-methyl/N-ethyl adjacent to an activating group) is 1. The molecule has 1 saturated heterocycles. The topological polar surface area (TPSA) is 85.3 Å². The number of halogens is 1. The number of carbonyl (C=O) groups excluding carboxylic acids is 1. The largest absolute Gasteiger partial charge is 0.493 e. The van der Waals surface area contributed by atoms with E-state index in [-0.39, 0.29) is 22.5 Å². The van der Waals surface area contributed by atoms with E-state index in [1.54, 1.807) is 38.3 Å². The van der Waals surface area contributed by atoms with Gasteiger partial charge in [-0.3, -0.25) is 9.69 Å². The van der Waals surface area contributed by atoms with Crippen LogP contribution in [0.25, 0.3) is 6.08 Å². The van der Waals surface area contributed by atoms with Gasteiger partial charge in [0.2, 0.25) is 0 Å². The Morgan fingerprint density at radius 1 is 1.03 bits per heavy atom. The lowest BCUT2D eigenvalue weighted by molar-refractivity contribution is -0.122. The molecule has 1 heterocycles. The van der Waals surface area contributed by atoms with Gasteiger partial charge in [-0.25, -0.2) is 4.39 Å². The first-order valence-corrected chi connectivity index (χ1v) is 14.2. The molecule has 1 aliphatic heterocycles. The number of hydrogen-bond acceptors (Lipinski definition) is 6. The highest BCUT2D eigenvalue weighted by Crippen LogP contribution is 2.35. The van der Waals surface area contributed by atoms with Crippen LogP contribution in [0.5, 0.6) is 11.5 Å². The first-order chi connectivity index (χ1) is 17.3. The molecule has 1 amide bonds. The van der Waals surface area contributed by atoms with Crippen LogP contribution < -0.4 is 9.47 Å². The van der Waals surface area contributed by atoms with Crippen molar-refractivity contribution >= 4 is 38.9 Å². The summed E-state index contributed by atoms with van der Waals surface area (Å²) in [7, 11) is -2.54. The molecular weight excluding hydrogens is 503 g/mol. The molecular formula is C26H31FN2O5S2. The van der Waals surface area contributed by atoms with Crippen LogP contribution in [-0.2, 0) is 14.8 Å². The van der Waals surface area contributed by atoms with Gasteiger partial charge >= 0.3 is 0 Å². The van der Waals surface area contributed by atoms with Crippen molar-refractivity contribution in [3.8, 4) is 11.5 Å². The van der Waals surface area contributed by atoms with E-state index in [0.29, 0.717) is 28.6 Å². The number of carbonyl (C=O) groups is 1. The summed E-state index contributed by atoms with van der Waals surface area (Å²) < 4.78 is 53.9. The molecule has 3 rings (SSSR count). The van der Waals surface area contributed by atoms with Gasteiger partial charge in [0.25, 0.3) is 15.9 Å². The fourth-order valence-corrected chi connectivity index (χ4v) is 5.80. The van der Waals surface area contributed by atoms with Crippen LogP contribution >= 0.6 is 11.8 Å². The maximum absolute atomic E-state index is 13.2. The van der Waals surface area contributed by atoms with Crippen molar-refractivity contribution in [3.63, 3.8) is 0 Å². The lowest BCUT2D eigenvalue weighted by atomic mass is 10.1. The van der Waals surface area contributed by atoms with E-state index >= 15 is 0 Å². The van der Waals surface area contributed by atoms with Crippen LogP contribution in [0.15, 0.2) is 56.7 Å². The first-order valence-electron chi connectivity index (χ1n) is 11.9. The van der Waals surface area contributed by atoms with Gasteiger partial charge in [0, 0.05) is 6.54 Å². The molecule has 0 unspecified atom stereocenters. The maximum Gasteiger partial charge on any atom is 0.284 e. The predicted molar refractivity (Wildman–Crippen MR) is 141 cm³/mol. The molecule has 0 spiro atoms. The summed E-state index contributed by atoms with van der Waals surface area (Å²) >= 11 is 0.978. The van der Waals surface area contributed by atoms with E-state index in [4.69, 9.17) is 9.47 Å². The Morgan fingerprint density at radius 3 is 2.42 bits per heavy atom. The number of thioether (sulfide) groups is 1. The summed E-state index contributed by atoms with van der Waals surface area (Å²) in [6.45, 7) is 4.72. The van der Waals surface area contributed by atoms with Crippen molar-refractivity contribution < 1.29 is 27.1 Å². The Morgan fingerprint density at radius 2 is 1.75 bits per heavy atom. The molecule has 0 bridgehead atoms. The van der Waals surface area contributed by atoms with E-state index in [1.807, 2.05) is 0 Å². The molecule has 7 nitrogen and oxygen atoms in total. The number of unbranched alkanes of at least 4 members (excludes halogenated alkanes) is 4. The maximum atomic E-state index is 13.2. The van der Waals surface area contributed by atoms with E-state index in [0.717, 1.165) is 48.9 Å². The second-order valence-electron chi connectivity index (χ2n) is 8.14. The summed E-state index contributed by atoms with van der Waals surface area (Å²) in [5.41, 5.74) is 0.714. The molecule has 36 heavy (non-hydrogen) atoms. The molecule has 2 aromatic carbocycles. The lowest BCUT2D eigenvalue weighted by Gasteiger charge is -2.12. The summed E-state index contributed by atoms with van der Waals surface area (Å²) in [4.78, 5) is 14.5. The van der Waals surface area contributed by atoms with Crippen LogP contribution in [-0.4, -0.2) is 44.7 Å². The number of nitrogens with zero attached hydrogens (tertiary/aromatic N) is 2. The lowest BCUT2D eigenvalue weighted by Crippen LogP contribution is -2.29. The van der Waals surface area contributed by atoms with Gasteiger partial charge in [0.15, 0.2) is 16.7 Å². The van der Waals surface area contributed by atoms with Gasteiger partial charge in [-0.05, 0) is 73.1 Å². The highest BCUT2D eigenvalue weighted by molar-refractivity contribution is 8.19. The van der Waals surface area contributed by atoms with Crippen LogP contribution in [0, 0.1) is 5.82 Å². The highest BCUT2D eigenvalue weighted by Gasteiger charge is 2.34. The van der Waals surface area contributed by atoms with E-state index in [2.05, 4.69) is 11.3 Å². The fraction of sp³-hybridized carbons (Fsp3) is 0.385. The number of ether oxygens (including phenoxy) is 2. The van der Waals surface area contributed by atoms with Crippen LogP contribution in [0.3, 0.4) is 0 Å². The van der Waals surface area contributed by atoms with Crippen molar-refractivity contribution in [1.82, 2.24) is 4.90 Å². The molecule has 1 aliphatic rings. The highest BCUT2D eigenvalue weighted by atomic mass is 32.2. The zero-order chi connectivity index (χ0) is 26.1. The molecule has 0 N–H and O–H groups in total. The van der Waals surface area contributed by atoms with Crippen LogP contribution in [0.4, 0.5) is 4.39 Å². The molecule has 0 atom stereocenters. The summed E-state index contributed by atoms with van der Waals surface area (Å²) in [6, 6.07) is 9.77. The zero-order valence-corrected chi connectivity index (χ0v) is 22.3. The first kappa shape index (κ1) is 27.7. The molecule has 10 heteroatoms. The third-order valence-electron chi connectivity index (χ3n) is 5.50. The van der Waals surface area contributed by atoms with Crippen molar-refractivity contribution in [2.45, 2.75) is 50.8 Å². The molecule has 194 valence electrons. The summed E-state index contributed by atoms with van der Waals surface area (Å²) in [5.74, 6) is 0.286. The third-order valence-corrected chi connectivity index (χ3v) is 7.91. The number of benzene rings is 2. The van der Waals surface area contributed by atoms with Crippen molar-refractivity contribution in [2.75, 3.05) is 20.3 Å².